The van der Waals surface area contributed by atoms with Crippen LogP contribution in [0.3, 0.4) is 0 Å². The zero-order valence-electron chi connectivity index (χ0n) is 25.6. The highest BCUT2D eigenvalue weighted by Crippen LogP contribution is 2.38. The number of guanidine groups is 1. The second-order valence-electron chi connectivity index (χ2n) is 11.9. The Kier molecular flexibility index (Phi) is 9.39. The summed E-state index contributed by atoms with van der Waals surface area (Å²) in [5.41, 5.74) is 3.01. The van der Waals surface area contributed by atoms with E-state index in [4.69, 9.17) is 9.47 Å². The number of piperidine rings is 1. The first kappa shape index (κ1) is 30.7. The summed E-state index contributed by atoms with van der Waals surface area (Å²) in [6, 6.07) is 16.4. The quantitative estimate of drug-likeness (QED) is 0.360. The molecule has 2 N–H and O–H groups in total. The van der Waals surface area contributed by atoms with Crippen LogP contribution < -0.4 is 15.0 Å². The molecule has 1 amide bonds. The van der Waals surface area contributed by atoms with Gasteiger partial charge in [-0.25, -0.2) is 4.99 Å². The van der Waals surface area contributed by atoms with E-state index in [0.29, 0.717) is 47.6 Å². The van der Waals surface area contributed by atoms with E-state index in [2.05, 4.69) is 55.0 Å². The highest BCUT2D eigenvalue weighted by Gasteiger charge is 2.43. The van der Waals surface area contributed by atoms with E-state index in [9.17, 15) is 15.2 Å². The molecule has 2 aromatic carbocycles. The largest absolute Gasteiger partial charge is 0.489 e. The minimum atomic E-state index is -0.471. The van der Waals surface area contributed by atoms with Crippen molar-refractivity contribution in [1.82, 2.24) is 9.80 Å². The number of anilines is 2. The van der Waals surface area contributed by atoms with Crippen molar-refractivity contribution in [2.24, 2.45) is 15.0 Å². The molecular weight excluding hydrogens is 572 g/mol. The van der Waals surface area contributed by atoms with Crippen molar-refractivity contribution in [3.8, 4) is 11.8 Å². The van der Waals surface area contributed by atoms with Gasteiger partial charge in [-0.15, -0.1) is 0 Å². The molecule has 0 radical (unpaired) electrons. The molecule has 12 nitrogen and oxygen atoms in total. The highest BCUT2D eigenvalue weighted by atomic mass is 16.5. The molecule has 0 aromatic heterocycles. The summed E-state index contributed by atoms with van der Waals surface area (Å²) in [5.74, 6) is 0.945. The number of fused-ring (bicyclic) bond motifs is 2. The third kappa shape index (κ3) is 6.71. The van der Waals surface area contributed by atoms with E-state index in [-0.39, 0.29) is 24.1 Å². The predicted molar refractivity (Wildman–Crippen MR) is 173 cm³/mol. The van der Waals surface area contributed by atoms with Crippen molar-refractivity contribution in [3.63, 3.8) is 0 Å². The molecule has 2 bridgehead atoms. The summed E-state index contributed by atoms with van der Waals surface area (Å²) >= 11 is 0. The average Bonchev–Trinajstić information content (AvgIpc) is 3.32. The molecule has 0 saturated carbocycles. The van der Waals surface area contributed by atoms with Crippen LogP contribution in [0.5, 0.6) is 5.75 Å². The number of aliphatic hydroxyl groups is 1. The van der Waals surface area contributed by atoms with Crippen LogP contribution in [0.1, 0.15) is 36.8 Å². The van der Waals surface area contributed by atoms with Gasteiger partial charge in [-0.05, 0) is 62.0 Å². The summed E-state index contributed by atoms with van der Waals surface area (Å²) in [7, 11) is 1.65. The minimum Gasteiger partial charge on any atom is -0.489 e. The molecule has 4 saturated heterocycles. The number of ether oxygens (including phenoxy) is 2. The summed E-state index contributed by atoms with van der Waals surface area (Å²) in [5, 5.41) is 22.5. The standard InChI is InChI=1S/C33H40N8O4/c1-35-32(22-3-10-30(23(15-22)18-34)45-29-16-26-8-9-27(17-29)41(26)31(43)19-42)38-33(36-2)37-24-4-6-25(7-5-24)39-11-13-40(14-12-39)28-20-44-21-28/h3-7,10,15,26-29,42H,1,8-9,11-14,16-17,19-21H2,2H3,(H,36,37)/b38-32-. The Morgan fingerprint density at radius 3 is 2.38 bits per heavy atom. The monoisotopic (exact) mass is 612 g/mol. The molecule has 4 aliphatic heterocycles. The fourth-order valence-corrected chi connectivity index (χ4v) is 6.84. The molecule has 2 unspecified atom stereocenters. The number of aliphatic imine (C=N–C) groups is 3. The van der Waals surface area contributed by atoms with E-state index >= 15 is 0 Å². The van der Waals surface area contributed by atoms with Crippen LogP contribution in [0.15, 0.2) is 57.4 Å². The van der Waals surface area contributed by atoms with E-state index in [1.807, 2.05) is 23.1 Å². The van der Waals surface area contributed by atoms with E-state index in [1.165, 1.54) is 5.69 Å². The fraction of sp³-hybridized carbons (Fsp3) is 0.485. The van der Waals surface area contributed by atoms with Gasteiger partial charge in [0.2, 0.25) is 11.9 Å². The number of nitrogens with one attached hydrogen (secondary N) is 1. The molecule has 4 heterocycles. The molecule has 45 heavy (non-hydrogen) atoms. The number of hydrogen-bond acceptors (Lipinski definition) is 8. The maximum Gasteiger partial charge on any atom is 0.248 e. The first-order valence-electron chi connectivity index (χ1n) is 15.6. The van der Waals surface area contributed by atoms with Crippen LogP contribution in [-0.2, 0) is 9.53 Å². The molecular formula is C33H40N8O4. The summed E-state index contributed by atoms with van der Waals surface area (Å²) in [6.07, 6.45) is 3.03. The Morgan fingerprint density at radius 2 is 1.80 bits per heavy atom. The van der Waals surface area contributed by atoms with Gasteiger partial charge in [-0.1, -0.05) is 0 Å². The minimum absolute atomic E-state index is 0.0561. The van der Waals surface area contributed by atoms with Crippen LogP contribution in [-0.4, -0.2) is 117 Å². The number of hydrogen-bond donors (Lipinski definition) is 2. The molecule has 2 aromatic rings. The van der Waals surface area contributed by atoms with Gasteiger partial charge in [0, 0.05) is 75.1 Å². The normalized spacial score (nSPS) is 24.2. The topological polar surface area (TPSA) is 138 Å². The molecule has 2 atom stereocenters. The van der Waals surface area contributed by atoms with Crippen LogP contribution in [0.25, 0.3) is 0 Å². The first-order valence-corrected chi connectivity index (χ1v) is 15.6. The number of carbonyl (C=O) groups is 1. The second-order valence-corrected chi connectivity index (χ2v) is 11.9. The SMILES string of the molecule is C=N/C(=N\C(=N/C)Nc1ccc(N2CCN(C3COC3)CC2)cc1)c1ccc(OC2CC3CCC(C2)N3C(=O)CO)c(C#N)c1. The van der Waals surface area contributed by atoms with Crippen molar-refractivity contribution in [2.75, 3.05) is 63.3 Å². The van der Waals surface area contributed by atoms with Gasteiger partial charge in [0.15, 0.2) is 5.84 Å². The molecule has 236 valence electrons. The van der Waals surface area contributed by atoms with Crippen LogP contribution in [0, 0.1) is 11.3 Å². The molecule has 4 fully saturated rings. The summed E-state index contributed by atoms with van der Waals surface area (Å²) < 4.78 is 11.6. The fourth-order valence-electron chi connectivity index (χ4n) is 6.84. The van der Waals surface area contributed by atoms with E-state index in [0.717, 1.165) is 57.9 Å². The number of aliphatic hydroxyl groups excluding tert-OH is 1. The van der Waals surface area contributed by atoms with Gasteiger partial charge >= 0.3 is 0 Å². The number of nitriles is 1. The molecule has 12 heteroatoms. The van der Waals surface area contributed by atoms with Crippen molar-refractivity contribution in [1.29, 1.82) is 5.26 Å². The lowest BCUT2D eigenvalue weighted by Gasteiger charge is -2.43. The maximum atomic E-state index is 12.2. The molecule has 6 rings (SSSR count). The Balaban J connectivity index is 1.08. The first-order chi connectivity index (χ1) is 22.0. The van der Waals surface area contributed by atoms with Gasteiger partial charge in [0.05, 0.1) is 24.8 Å². The van der Waals surface area contributed by atoms with Gasteiger partial charge < -0.3 is 29.7 Å². The second kappa shape index (κ2) is 13.8. The van der Waals surface area contributed by atoms with Gasteiger partial charge in [0.1, 0.15) is 24.5 Å². The lowest BCUT2D eigenvalue weighted by molar-refractivity contribution is -0.140. The maximum absolute atomic E-state index is 12.2. The van der Waals surface area contributed by atoms with E-state index < -0.39 is 6.61 Å². The van der Waals surface area contributed by atoms with Crippen LogP contribution in [0.2, 0.25) is 0 Å². The van der Waals surface area contributed by atoms with Gasteiger partial charge in [0.25, 0.3) is 0 Å². The third-order valence-corrected chi connectivity index (χ3v) is 9.28. The lowest BCUT2D eigenvalue weighted by atomic mass is 9.99. The van der Waals surface area contributed by atoms with Crippen molar-refractivity contribution < 1.29 is 19.4 Å². The number of amidine groups is 1. The molecule has 0 aliphatic carbocycles. The van der Waals surface area contributed by atoms with E-state index in [1.54, 1.807) is 19.2 Å². The number of amides is 1. The number of rotatable bonds is 7. The zero-order valence-corrected chi connectivity index (χ0v) is 25.6. The number of carbonyl (C=O) groups excluding carboxylic acids is 1. The summed E-state index contributed by atoms with van der Waals surface area (Å²) in [4.78, 5) is 31.9. The Bertz CT molecular complexity index is 1480. The summed E-state index contributed by atoms with van der Waals surface area (Å²) in [6.45, 7) is 9.00. The average molecular weight is 613 g/mol. The van der Waals surface area contributed by atoms with Gasteiger partial charge in [-0.3, -0.25) is 14.7 Å². The Morgan fingerprint density at radius 1 is 1.09 bits per heavy atom. The Labute approximate surface area is 263 Å². The van der Waals surface area contributed by atoms with Crippen molar-refractivity contribution in [2.45, 2.75) is 49.9 Å². The smallest absolute Gasteiger partial charge is 0.248 e. The number of benzene rings is 2. The van der Waals surface area contributed by atoms with Crippen molar-refractivity contribution in [3.05, 3.63) is 53.6 Å². The predicted octanol–water partition coefficient (Wildman–Crippen LogP) is 2.52. The number of piperazine rings is 1. The molecule has 0 spiro atoms. The third-order valence-electron chi connectivity index (χ3n) is 9.28. The Hall–Kier alpha value is -4.31. The highest BCUT2D eigenvalue weighted by molar-refractivity contribution is 6.10. The van der Waals surface area contributed by atoms with Gasteiger partial charge in [-0.2, -0.15) is 10.3 Å². The van der Waals surface area contributed by atoms with Crippen LogP contribution in [0.4, 0.5) is 11.4 Å². The number of nitrogens with zero attached hydrogens (tertiary/aromatic N) is 7. The zero-order chi connectivity index (χ0) is 31.3. The van der Waals surface area contributed by atoms with Crippen molar-refractivity contribution >= 4 is 35.8 Å². The molecule has 4 aliphatic rings. The lowest BCUT2D eigenvalue weighted by Crippen LogP contribution is -2.56. The van der Waals surface area contributed by atoms with Crippen LogP contribution >= 0.6 is 0 Å².